The third-order valence-corrected chi connectivity index (χ3v) is 2.77. The molecule has 0 aliphatic heterocycles. The fourth-order valence-electron chi connectivity index (χ4n) is 1.88. The highest BCUT2D eigenvalue weighted by atomic mass is 16.5. The largest absolute Gasteiger partial charge is 0.481 e. The lowest BCUT2D eigenvalue weighted by molar-refractivity contribution is 0.148. The summed E-state index contributed by atoms with van der Waals surface area (Å²) in [4.78, 5) is 0. The maximum atomic E-state index is 10.0. The van der Waals surface area contributed by atoms with E-state index >= 15 is 0 Å². The summed E-state index contributed by atoms with van der Waals surface area (Å²) in [5.41, 5.74) is 1.72. The molecule has 1 atom stereocenters. The molecule has 1 unspecified atom stereocenters. The normalized spacial score (nSPS) is 18.3. The van der Waals surface area contributed by atoms with Crippen molar-refractivity contribution >= 4 is 0 Å². The summed E-state index contributed by atoms with van der Waals surface area (Å²) in [6.45, 7) is 1.91. The van der Waals surface area contributed by atoms with Crippen LogP contribution in [0.1, 0.15) is 30.2 Å². The monoisotopic (exact) mass is 196 g/mol. The zero-order valence-corrected chi connectivity index (χ0v) is 8.82. The zero-order valence-electron chi connectivity index (χ0n) is 8.82. The fraction of sp³-hybridized carbons (Fsp3) is 0.700. The van der Waals surface area contributed by atoms with E-state index in [0.717, 1.165) is 24.1 Å². The van der Waals surface area contributed by atoms with Crippen LogP contribution in [0.2, 0.25) is 0 Å². The van der Waals surface area contributed by atoms with Gasteiger partial charge >= 0.3 is 0 Å². The molecule has 1 fully saturated rings. The van der Waals surface area contributed by atoms with E-state index in [1.54, 1.807) is 11.8 Å². The van der Waals surface area contributed by atoms with Gasteiger partial charge in [-0.2, -0.15) is 5.10 Å². The predicted octanol–water partition coefficient (Wildman–Crippen LogP) is 1.18. The van der Waals surface area contributed by atoms with Crippen molar-refractivity contribution in [2.75, 3.05) is 7.11 Å². The Kier molecular flexibility index (Phi) is 2.23. The molecular formula is C10H16N2O2. The molecule has 0 amide bonds. The van der Waals surface area contributed by atoms with Crippen molar-refractivity contribution in [3.63, 3.8) is 0 Å². The molecule has 0 saturated heterocycles. The van der Waals surface area contributed by atoms with Crippen LogP contribution < -0.4 is 4.74 Å². The lowest BCUT2D eigenvalue weighted by atomic mass is 10.1. The van der Waals surface area contributed by atoms with Crippen molar-refractivity contribution in [1.82, 2.24) is 9.78 Å². The molecule has 78 valence electrons. The van der Waals surface area contributed by atoms with E-state index in [0.29, 0.717) is 11.8 Å². The second-order valence-electron chi connectivity index (χ2n) is 3.91. The quantitative estimate of drug-likeness (QED) is 0.789. The van der Waals surface area contributed by atoms with Gasteiger partial charge in [0.1, 0.15) is 0 Å². The highest BCUT2D eigenvalue weighted by Gasteiger charge is 2.35. The summed E-state index contributed by atoms with van der Waals surface area (Å²) >= 11 is 0. The van der Waals surface area contributed by atoms with Gasteiger partial charge in [0, 0.05) is 7.05 Å². The Labute approximate surface area is 83.5 Å². The molecule has 0 spiro atoms. The van der Waals surface area contributed by atoms with E-state index in [1.807, 2.05) is 14.0 Å². The molecule has 2 rings (SSSR count). The van der Waals surface area contributed by atoms with Crippen molar-refractivity contribution in [3.8, 4) is 5.88 Å². The van der Waals surface area contributed by atoms with Crippen LogP contribution in [-0.2, 0) is 7.05 Å². The van der Waals surface area contributed by atoms with Crippen LogP contribution >= 0.6 is 0 Å². The molecule has 0 radical (unpaired) electrons. The van der Waals surface area contributed by atoms with E-state index in [1.165, 1.54) is 0 Å². The highest BCUT2D eigenvalue weighted by molar-refractivity contribution is 5.34. The molecule has 1 heterocycles. The van der Waals surface area contributed by atoms with Gasteiger partial charge in [-0.1, -0.05) is 0 Å². The maximum absolute atomic E-state index is 10.0. The lowest BCUT2D eigenvalue weighted by Crippen LogP contribution is -2.03. The van der Waals surface area contributed by atoms with Gasteiger partial charge < -0.3 is 9.84 Å². The highest BCUT2D eigenvalue weighted by Crippen LogP contribution is 2.44. The van der Waals surface area contributed by atoms with Crippen molar-refractivity contribution in [2.24, 2.45) is 13.0 Å². The molecule has 1 aromatic rings. The maximum Gasteiger partial charge on any atom is 0.217 e. The van der Waals surface area contributed by atoms with Gasteiger partial charge in [-0.25, -0.2) is 4.68 Å². The zero-order chi connectivity index (χ0) is 10.3. The number of nitrogens with zero attached hydrogens (tertiary/aromatic N) is 2. The van der Waals surface area contributed by atoms with Crippen LogP contribution in [0.4, 0.5) is 0 Å². The molecule has 4 heteroatoms. The van der Waals surface area contributed by atoms with Gasteiger partial charge in [-0.05, 0) is 25.7 Å². The van der Waals surface area contributed by atoms with Gasteiger partial charge in [0.05, 0.1) is 24.5 Å². The van der Waals surface area contributed by atoms with Crippen LogP contribution in [0.3, 0.4) is 0 Å². The lowest BCUT2D eigenvalue weighted by Gasteiger charge is -2.10. The molecule has 0 aromatic carbocycles. The van der Waals surface area contributed by atoms with Crippen molar-refractivity contribution in [3.05, 3.63) is 11.3 Å². The molecule has 1 aliphatic carbocycles. The third kappa shape index (κ3) is 1.39. The Hall–Kier alpha value is -1.03. The summed E-state index contributed by atoms with van der Waals surface area (Å²) < 4.78 is 6.91. The minimum atomic E-state index is -0.404. The second kappa shape index (κ2) is 3.28. The second-order valence-corrected chi connectivity index (χ2v) is 3.91. The summed E-state index contributed by atoms with van der Waals surface area (Å²) in [7, 11) is 3.44. The van der Waals surface area contributed by atoms with E-state index in [-0.39, 0.29) is 0 Å². The average molecular weight is 196 g/mol. The average Bonchev–Trinajstić information content (AvgIpc) is 2.91. The van der Waals surface area contributed by atoms with E-state index in [9.17, 15) is 5.11 Å². The predicted molar refractivity (Wildman–Crippen MR) is 52.2 cm³/mol. The summed E-state index contributed by atoms with van der Waals surface area (Å²) in [5.74, 6) is 1.09. The Bertz CT molecular complexity index is 342. The molecule has 14 heavy (non-hydrogen) atoms. The smallest absolute Gasteiger partial charge is 0.217 e. The van der Waals surface area contributed by atoms with Gasteiger partial charge in [-0.3, -0.25) is 0 Å². The third-order valence-electron chi connectivity index (χ3n) is 2.77. The summed E-state index contributed by atoms with van der Waals surface area (Å²) in [6, 6.07) is 0. The number of hydrogen-bond acceptors (Lipinski definition) is 3. The molecule has 1 saturated carbocycles. The number of aliphatic hydroxyl groups is 1. The molecular weight excluding hydrogens is 180 g/mol. The minimum Gasteiger partial charge on any atom is -0.481 e. The van der Waals surface area contributed by atoms with E-state index in [2.05, 4.69) is 5.10 Å². The molecule has 1 aromatic heterocycles. The number of ether oxygens (including phenoxy) is 1. The first-order chi connectivity index (χ1) is 6.65. The molecule has 1 aliphatic rings. The first-order valence-corrected chi connectivity index (χ1v) is 4.90. The summed E-state index contributed by atoms with van der Waals surface area (Å²) in [6.07, 6.45) is 1.82. The fourth-order valence-corrected chi connectivity index (χ4v) is 1.88. The Morgan fingerprint density at radius 1 is 1.57 bits per heavy atom. The van der Waals surface area contributed by atoms with E-state index in [4.69, 9.17) is 4.74 Å². The van der Waals surface area contributed by atoms with Gasteiger partial charge in [0.15, 0.2) is 0 Å². The van der Waals surface area contributed by atoms with Gasteiger partial charge in [-0.15, -0.1) is 0 Å². The Morgan fingerprint density at radius 3 is 2.71 bits per heavy atom. The van der Waals surface area contributed by atoms with Gasteiger partial charge in [0.2, 0.25) is 5.88 Å². The molecule has 1 N–H and O–H groups in total. The number of aromatic nitrogens is 2. The van der Waals surface area contributed by atoms with Crippen LogP contribution in [0.25, 0.3) is 0 Å². The summed E-state index contributed by atoms with van der Waals surface area (Å²) in [5, 5.41) is 14.3. The van der Waals surface area contributed by atoms with Crippen LogP contribution in [0, 0.1) is 12.8 Å². The first kappa shape index (κ1) is 9.52. The SMILES string of the molecule is COc1c(C(O)C2CC2)c(C)nn1C. The molecule has 4 nitrogen and oxygen atoms in total. The van der Waals surface area contributed by atoms with Crippen molar-refractivity contribution in [2.45, 2.75) is 25.9 Å². The van der Waals surface area contributed by atoms with Crippen LogP contribution in [0.15, 0.2) is 0 Å². The van der Waals surface area contributed by atoms with E-state index < -0.39 is 6.10 Å². The van der Waals surface area contributed by atoms with Crippen molar-refractivity contribution < 1.29 is 9.84 Å². The first-order valence-electron chi connectivity index (χ1n) is 4.90. The van der Waals surface area contributed by atoms with Crippen molar-refractivity contribution in [1.29, 1.82) is 0 Å². The Balaban J connectivity index is 2.38. The number of methoxy groups -OCH3 is 1. The van der Waals surface area contributed by atoms with Crippen LogP contribution in [-0.4, -0.2) is 22.0 Å². The number of rotatable bonds is 3. The topological polar surface area (TPSA) is 47.3 Å². The Morgan fingerprint density at radius 2 is 2.21 bits per heavy atom. The van der Waals surface area contributed by atoms with Crippen LogP contribution in [0.5, 0.6) is 5.88 Å². The standard InChI is InChI=1S/C10H16N2O2/c1-6-8(9(13)7-4-5-7)10(14-3)12(2)11-6/h7,9,13H,4-5H2,1-3H3. The number of aliphatic hydroxyl groups excluding tert-OH is 1. The molecule has 0 bridgehead atoms. The minimum absolute atomic E-state index is 0.404. The number of aryl methyl sites for hydroxylation is 2. The number of hydrogen-bond donors (Lipinski definition) is 1. The van der Waals surface area contributed by atoms with Gasteiger partial charge in [0.25, 0.3) is 0 Å².